The first kappa shape index (κ1) is 9.27. The molecular formula is C3H12O4Si2. The second kappa shape index (κ2) is 3.44. The van der Waals surface area contributed by atoms with Gasteiger partial charge in [-0.15, -0.1) is 0 Å². The molecule has 0 atom stereocenters. The second-order valence-corrected chi connectivity index (χ2v) is 6.85. The summed E-state index contributed by atoms with van der Waals surface area (Å²) in [5, 5.41) is 0. The van der Waals surface area contributed by atoms with E-state index in [4.69, 9.17) is 18.1 Å². The van der Waals surface area contributed by atoms with Gasteiger partial charge in [0, 0.05) is 7.11 Å². The zero-order valence-corrected chi connectivity index (χ0v) is 7.94. The van der Waals surface area contributed by atoms with Gasteiger partial charge in [0.2, 0.25) is 0 Å². The van der Waals surface area contributed by atoms with Crippen LogP contribution in [0.25, 0.3) is 0 Å². The highest BCUT2D eigenvalue weighted by molar-refractivity contribution is 6.70. The van der Waals surface area contributed by atoms with E-state index in [1.165, 1.54) is 7.11 Å². The van der Waals surface area contributed by atoms with E-state index < -0.39 is 18.1 Å². The monoisotopic (exact) mass is 168 g/mol. The van der Waals surface area contributed by atoms with Gasteiger partial charge in [0.25, 0.3) is 0 Å². The minimum absolute atomic E-state index is 1.50. The second-order valence-electron chi connectivity index (χ2n) is 2.05. The van der Waals surface area contributed by atoms with Crippen LogP contribution in [0.2, 0.25) is 13.1 Å². The Bertz CT molecular complexity index is 83.9. The van der Waals surface area contributed by atoms with Crippen molar-refractivity contribution in [2.75, 3.05) is 7.11 Å². The average Bonchev–Trinajstić information content (AvgIpc) is 1.63. The summed E-state index contributed by atoms with van der Waals surface area (Å²) in [4.78, 5) is 16.9. The Morgan fingerprint density at radius 1 is 1.33 bits per heavy atom. The molecule has 0 radical (unpaired) electrons. The molecular weight excluding hydrogens is 156 g/mol. The van der Waals surface area contributed by atoms with Crippen LogP contribution >= 0.6 is 0 Å². The Hall–Kier alpha value is 0.274. The van der Waals surface area contributed by atoms with Gasteiger partial charge in [-0.1, -0.05) is 0 Å². The van der Waals surface area contributed by atoms with Crippen molar-refractivity contribution in [1.82, 2.24) is 0 Å². The topological polar surface area (TPSA) is 58.9 Å². The molecule has 6 heteroatoms. The lowest BCUT2D eigenvalue weighted by atomic mass is 11.8. The fraction of sp³-hybridized carbons (Fsp3) is 1.00. The molecule has 2 N–H and O–H groups in total. The highest BCUT2D eigenvalue weighted by Gasteiger charge is 2.26. The summed E-state index contributed by atoms with van der Waals surface area (Å²) < 4.78 is 9.63. The third-order valence-electron chi connectivity index (χ3n) is 0.881. The van der Waals surface area contributed by atoms with Crippen LogP contribution in [-0.4, -0.2) is 34.8 Å². The van der Waals surface area contributed by atoms with E-state index in [9.17, 15) is 0 Å². The molecule has 0 unspecified atom stereocenters. The van der Waals surface area contributed by atoms with Crippen LogP contribution in [0.5, 0.6) is 0 Å². The van der Waals surface area contributed by atoms with Crippen molar-refractivity contribution in [1.29, 1.82) is 0 Å². The lowest BCUT2D eigenvalue weighted by Crippen LogP contribution is -2.40. The average molecular weight is 168 g/mol. The van der Waals surface area contributed by atoms with E-state index in [1.54, 1.807) is 13.1 Å². The van der Waals surface area contributed by atoms with Gasteiger partial charge >= 0.3 is 18.1 Å². The van der Waals surface area contributed by atoms with E-state index in [0.29, 0.717) is 0 Å². The Morgan fingerprint density at radius 2 is 1.78 bits per heavy atom. The predicted octanol–water partition coefficient (Wildman–Crippen LogP) is -0.947. The molecule has 0 aromatic heterocycles. The van der Waals surface area contributed by atoms with Gasteiger partial charge in [0.15, 0.2) is 0 Å². The Balaban J connectivity index is 3.58. The first-order valence-electron chi connectivity index (χ1n) is 2.57. The molecule has 0 aliphatic carbocycles. The van der Waals surface area contributed by atoms with Gasteiger partial charge < -0.3 is 18.1 Å². The zero-order valence-electron chi connectivity index (χ0n) is 5.79. The van der Waals surface area contributed by atoms with Crippen molar-refractivity contribution in [2.24, 2.45) is 0 Å². The van der Waals surface area contributed by atoms with Gasteiger partial charge in [-0.25, -0.2) is 0 Å². The normalized spacial score (nSPS) is 12.7. The molecule has 0 saturated carbocycles. The standard InChI is InChI=1S/C3H12O4Si2/c1-6-9(2,3)7-8(4)5/h4-5,8H,1-3H3. The summed E-state index contributed by atoms with van der Waals surface area (Å²) in [6, 6.07) is 0. The Morgan fingerprint density at radius 3 is 1.89 bits per heavy atom. The fourth-order valence-corrected chi connectivity index (χ4v) is 2.72. The van der Waals surface area contributed by atoms with Crippen molar-refractivity contribution in [3.8, 4) is 0 Å². The van der Waals surface area contributed by atoms with Crippen molar-refractivity contribution in [3.05, 3.63) is 0 Å². The molecule has 0 aromatic carbocycles. The summed E-state index contributed by atoms with van der Waals surface area (Å²) in [6.45, 7) is 3.50. The summed E-state index contributed by atoms with van der Waals surface area (Å²) >= 11 is 0. The van der Waals surface area contributed by atoms with Crippen molar-refractivity contribution in [3.63, 3.8) is 0 Å². The lowest BCUT2D eigenvalue weighted by Gasteiger charge is -2.20. The molecule has 0 fully saturated rings. The summed E-state index contributed by atoms with van der Waals surface area (Å²) in [6.07, 6.45) is 0. The first-order chi connectivity index (χ1) is 3.98. The largest absolute Gasteiger partial charge is 0.469 e. The quantitative estimate of drug-likeness (QED) is 0.534. The highest BCUT2D eigenvalue weighted by atomic mass is 28.4. The van der Waals surface area contributed by atoms with E-state index in [0.717, 1.165) is 0 Å². The minimum Gasteiger partial charge on any atom is -0.398 e. The highest BCUT2D eigenvalue weighted by Crippen LogP contribution is 2.03. The van der Waals surface area contributed by atoms with Gasteiger partial charge in [-0.3, -0.25) is 0 Å². The maximum atomic E-state index is 8.45. The molecule has 4 nitrogen and oxygen atoms in total. The molecule has 0 rings (SSSR count). The van der Waals surface area contributed by atoms with Crippen LogP contribution in [-0.2, 0) is 8.54 Å². The molecule has 56 valence electrons. The maximum absolute atomic E-state index is 8.45. The molecule has 0 saturated heterocycles. The number of rotatable bonds is 3. The zero-order chi connectivity index (χ0) is 7.49. The maximum Gasteiger partial charge on any atom is 0.469 e. The third-order valence-corrected chi connectivity index (χ3v) is 4.98. The molecule has 0 aliphatic rings. The predicted molar refractivity (Wildman–Crippen MR) is 37.2 cm³/mol. The van der Waals surface area contributed by atoms with Gasteiger partial charge in [-0.05, 0) is 13.1 Å². The van der Waals surface area contributed by atoms with Crippen LogP contribution in [0.1, 0.15) is 0 Å². The fourth-order valence-electron chi connectivity index (χ4n) is 0.302. The minimum atomic E-state index is -2.88. The van der Waals surface area contributed by atoms with E-state index in [1.807, 2.05) is 0 Å². The van der Waals surface area contributed by atoms with Crippen molar-refractivity contribution < 1.29 is 18.1 Å². The van der Waals surface area contributed by atoms with Crippen LogP contribution in [0.15, 0.2) is 0 Å². The summed E-state index contributed by atoms with van der Waals surface area (Å²) in [7, 11) is -3.55. The van der Waals surface area contributed by atoms with Gasteiger partial charge in [0.1, 0.15) is 0 Å². The molecule has 0 amide bonds. The van der Waals surface area contributed by atoms with Crippen molar-refractivity contribution >= 4 is 18.1 Å². The van der Waals surface area contributed by atoms with E-state index >= 15 is 0 Å². The van der Waals surface area contributed by atoms with Gasteiger partial charge in [-0.2, -0.15) is 0 Å². The first-order valence-corrected chi connectivity index (χ1v) is 6.89. The van der Waals surface area contributed by atoms with Crippen LogP contribution in [0, 0.1) is 0 Å². The molecule has 0 heterocycles. The van der Waals surface area contributed by atoms with Gasteiger partial charge in [0.05, 0.1) is 0 Å². The van der Waals surface area contributed by atoms with E-state index in [2.05, 4.69) is 0 Å². The molecule has 0 bridgehead atoms. The number of hydrogen-bond donors (Lipinski definition) is 2. The van der Waals surface area contributed by atoms with Crippen LogP contribution in [0.4, 0.5) is 0 Å². The SMILES string of the molecule is CO[Si](C)(C)O[SiH](O)O. The Labute approximate surface area is 57.3 Å². The third kappa shape index (κ3) is 4.76. The number of hydrogen-bond acceptors (Lipinski definition) is 4. The molecule has 0 spiro atoms. The molecule has 9 heavy (non-hydrogen) atoms. The van der Waals surface area contributed by atoms with Crippen LogP contribution in [0.3, 0.4) is 0 Å². The summed E-state index contributed by atoms with van der Waals surface area (Å²) in [5.41, 5.74) is 0. The van der Waals surface area contributed by atoms with Crippen molar-refractivity contribution in [2.45, 2.75) is 13.1 Å². The molecule has 0 aliphatic heterocycles. The van der Waals surface area contributed by atoms with E-state index in [-0.39, 0.29) is 0 Å². The molecule has 0 aromatic rings. The lowest BCUT2D eigenvalue weighted by molar-refractivity contribution is 0.231. The smallest absolute Gasteiger partial charge is 0.398 e. The van der Waals surface area contributed by atoms with Crippen LogP contribution < -0.4 is 0 Å². The summed E-state index contributed by atoms with van der Waals surface area (Å²) in [5.74, 6) is 0. The Kier molecular flexibility index (Phi) is 3.55.